The van der Waals surface area contributed by atoms with Gasteiger partial charge in [0.15, 0.2) is 0 Å². The number of amides is 2. The number of benzene rings is 1. The van der Waals surface area contributed by atoms with Crippen LogP contribution in [0.1, 0.15) is 25.7 Å². The number of piperidine rings is 1. The second-order valence-corrected chi connectivity index (χ2v) is 7.48. The van der Waals surface area contributed by atoms with Crippen LogP contribution in [0.15, 0.2) is 60.9 Å². The van der Waals surface area contributed by atoms with Gasteiger partial charge >= 0.3 is 6.03 Å². The third-order valence-corrected chi connectivity index (χ3v) is 5.74. The van der Waals surface area contributed by atoms with Crippen molar-refractivity contribution in [3.05, 3.63) is 60.9 Å². The molecule has 1 aromatic carbocycles. The lowest BCUT2D eigenvalue weighted by atomic mass is 10.00. The molecule has 2 atom stereocenters. The summed E-state index contributed by atoms with van der Waals surface area (Å²) in [7, 11) is 0. The maximum absolute atomic E-state index is 13.1. The number of pyridine rings is 2. The number of urea groups is 1. The fraction of sp³-hybridized carbons (Fsp3) is 0.318. The summed E-state index contributed by atoms with van der Waals surface area (Å²) in [6, 6.07) is 15.8. The number of nitrogens with zero attached hydrogens (tertiary/aromatic N) is 3. The molecule has 142 valence electrons. The van der Waals surface area contributed by atoms with E-state index in [9.17, 15) is 4.79 Å². The average Bonchev–Trinajstić information content (AvgIpc) is 3.00. The first-order valence-electron chi connectivity index (χ1n) is 9.79. The zero-order chi connectivity index (χ0) is 18.9. The van der Waals surface area contributed by atoms with E-state index in [2.05, 4.69) is 15.3 Å². The molecule has 0 radical (unpaired) electrons. The van der Waals surface area contributed by atoms with Gasteiger partial charge in [-0.1, -0.05) is 12.1 Å². The van der Waals surface area contributed by atoms with Crippen molar-refractivity contribution in [3.63, 3.8) is 0 Å². The van der Waals surface area contributed by atoms with Gasteiger partial charge in [-0.15, -0.1) is 0 Å². The van der Waals surface area contributed by atoms with Crippen molar-refractivity contribution in [1.29, 1.82) is 0 Å². The van der Waals surface area contributed by atoms with Crippen LogP contribution in [0.4, 0.5) is 10.5 Å². The van der Waals surface area contributed by atoms with Gasteiger partial charge in [0.25, 0.3) is 0 Å². The minimum Gasteiger partial charge on any atom is -0.474 e. The van der Waals surface area contributed by atoms with Gasteiger partial charge in [0, 0.05) is 48.8 Å². The number of nitrogens with one attached hydrogen (secondary N) is 1. The first-order valence-corrected chi connectivity index (χ1v) is 9.79. The smallest absolute Gasteiger partial charge is 0.322 e. The third-order valence-electron chi connectivity index (χ3n) is 5.74. The summed E-state index contributed by atoms with van der Waals surface area (Å²) < 4.78 is 6.06. The standard InChI is InChI=1S/C22H22N4O2/c27-22(25-20-7-3-6-19-18(20)5-4-12-23-19)26-15-9-10-16(26)14-17(13-15)28-21-8-1-2-11-24-21/h1-8,11-12,15-17H,9-10,13-14H2,(H,25,27). The van der Waals surface area contributed by atoms with E-state index in [4.69, 9.17) is 4.74 Å². The molecule has 1 N–H and O–H groups in total. The van der Waals surface area contributed by atoms with Gasteiger partial charge in [-0.25, -0.2) is 9.78 Å². The van der Waals surface area contributed by atoms with Crippen molar-refractivity contribution in [2.45, 2.75) is 43.9 Å². The molecule has 6 heteroatoms. The SMILES string of the molecule is O=C(Nc1cccc2ncccc12)N1C2CCC1CC(Oc1ccccn1)C2. The summed E-state index contributed by atoms with van der Waals surface area (Å²) in [5, 5.41) is 4.07. The Morgan fingerprint density at radius 2 is 1.79 bits per heavy atom. The third kappa shape index (κ3) is 3.15. The maximum atomic E-state index is 13.1. The van der Waals surface area contributed by atoms with Crippen molar-refractivity contribution < 1.29 is 9.53 Å². The number of carbonyl (C=O) groups is 1. The molecule has 2 bridgehead atoms. The van der Waals surface area contributed by atoms with E-state index in [0.717, 1.165) is 42.3 Å². The van der Waals surface area contributed by atoms with Crippen molar-refractivity contribution in [2.75, 3.05) is 5.32 Å². The largest absolute Gasteiger partial charge is 0.474 e. The molecule has 2 unspecified atom stereocenters. The fourth-order valence-corrected chi connectivity index (χ4v) is 4.53. The van der Waals surface area contributed by atoms with Crippen LogP contribution in [0.5, 0.6) is 5.88 Å². The number of aromatic nitrogens is 2. The summed E-state index contributed by atoms with van der Waals surface area (Å²) >= 11 is 0. The summed E-state index contributed by atoms with van der Waals surface area (Å²) in [6.45, 7) is 0. The first kappa shape index (κ1) is 17.0. The van der Waals surface area contributed by atoms with Gasteiger partial charge in [-0.2, -0.15) is 0 Å². The quantitative estimate of drug-likeness (QED) is 0.745. The number of rotatable bonds is 3. The van der Waals surface area contributed by atoms with Crippen LogP contribution in [-0.4, -0.2) is 39.1 Å². The predicted molar refractivity (Wildman–Crippen MR) is 107 cm³/mol. The summed E-state index contributed by atoms with van der Waals surface area (Å²) in [5.74, 6) is 0.660. The van der Waals surface area contributed by atoms with Crippen molar-refractivity contribution in [2.24, 2.45) is 0 Å². The molecule has 2 aromatic heterocycles. The van der Waals surface area contributed by atoms with E-state index in [1.165, 1.54) is 0 Å². The van der Waals surface area contributed by atoms with Crippen LogP contribution in [0, 0.1) is 0 Å². The monoisotopic (exact) mass is 374 g/mol. The Kier molecular flexibility index (Phi) is 4.31. The highest BCUT2D eigenvalue weighted by molar-refractivity contribution is 6.00. The Balaban J connectivity index is 1.30. The van der Waals surface area contributed by atoms with Crippen LogP contribution in [-0.2, 0) is 0 Å². The molecule has 0 spiro atoms. The summed E-state index contributed by atoms with van der Waals surface area (Å²) in [5.41, 5.74) is 1.69. The minimum atomic E-state index is -0.0276. The van der Waals surface area contributed by atoms with Crippen LogP contribution >= 0.6 is 0 Å². The molecular weight excluding hydrogens is 352 g/mol. The van der Waals surface area contributed by atoms with Gasteiger partial charge in [-0.05, 0) is 43.2 Å². The van der Waals surface area contributed by atoms with Gasteiger partial charge < -0.3 is 15.0 Å². The molecule has 6 nitrogen and oxygen atoms in total. The number of fused-ring (bicyclic) bond motifs is 3. The highest BCUT2D eigenvalue weighted by atomic mass is 16.5. The van der Waals surface area contributed by atoms with Gasteiger partial charge in [0.05, 0.1) is 11.2 Å². The highest BCUT2D eigenvalue weighted by Gasteiger charge is 2.44. The van der Waals surface area contributed by atoms with E-state index < -0.39 is 0 Å². The Morgan fingerprint density at radius 3 is 2.57 bits per heavy atom. The Hall–Kier alpha value is -3.15. The zero-order valence-electron chi connectivity index (χ0n) is 15.5. The molecule has 2 aliphatic rings. The van der Waals surface area contributed by atoms with Crippen LogP contribution in [0.3, 0.4) is 0 Å². The molecule has 4 heterocycles. The van der Waals surface area contributed by atoms with E-state index in [0.29, 0.717) is 5.88 Å². The Morgan fingerprint density at radius 1 is 0.964 bits per heavy atom. The molecule has 0 aliphatic carbocycles. The van der Waals surface area contributed by atoms with Crippen molar-refractivity contribution >= 4 is 22.6 Å². The fourth-order valence-electron chi connectivity index (χ4n) is 4.53. The average molecular weight is 374 g/mol. The zero-order valence-corrected chi connectivity index (χ0v) is 15.5. The molecule has 2 amide bonds. The number of hydrogen-bond acceptors (Lipinski definition) is 4. The second-order valence-electron chi connectivity index (χ2n) is 7.48. The lowest BCUT2D eigenvalue weighted by molar-refractivity contribution is 0.0704. The van der Waals surface area contributed by atoms with Crippen LogP contribution < -0.4 is 10.1 Å². The number of hydrogen-bond donors (Lipinski definition) is 1. The lowest BCUT2D eigenvalue weighted by Crippen LogP contribution is -2.50. The molecular formula is C22H22N4O2. The second kappa shape index (κ2) is 7.11. The first-order chi connectivity index (χ1) is 13.8. The van der Waals surface area contributed by atoms with Crippen LogP contribution in [0.25, 0.3) is 10.9 Å². The van der Waals surface area contributed by atoms with E-state index in [1.807, 2.05) is 53.4 Å². The Labute approximate surface area is 163 Å². The van der Waals surface area contributed by atoms with Crippen molar-refractivity contribution in [1.82, 2.24) is 14.9 Å². The van der Waals surface area contributed by atoms with E-state index in [-0.39, 0.29) is 24.2 Å². The summed E-state index contributed by atoms with van der Waals surface area (Å²) in [6.07, 6.45) is 7.36. The van der Waals surface area contributed by atoms with Crippen molar-refractivity contribution in [3.8, 4) is 5.88 Å². The molecule has 2 fully saturated rings. The van der Waals surface area contributed by atoms with Gasteiger partial charge in [0.1, 0.15) is 6.10 Å². The van der Waals surface area contributed by atoms with Gasteiger partial charge in [0.2, 0.25) is 5.88 Å². The number of anilines is 1. The predicted octanol–water partition coefficient (Wildman–Crippen LogP) is 4.24. The molecule has 0 saturated carbocycles. The highest BCUT2D eigenvalue weighted by Crippen LogP contribution is 2.37. The molecule has 2 aliphatic heterocycles. The normalized spacial score (nSPS) is 23.6. The molecule has 28 heavy (non-hydrogen) atoms. The van der Waals surface area contributed by atoms with E-state index in [1.54, 1.807) is 12.4 Å². The molecule has 5 rings (SSSR count). The molecule has 2 saturated heterocycles. The van der Waals surface area contributed by atoms with Gasteiger partial charge in [-0.3, -0.25) is 4.98 Å². The van der Waals surface area contributed by atoms with E-state index >= 15 is 0 Å². The molecule has 3 aromatic rings. The lowest BCUT2D eigenvalue weighted by Gasteiger charge is -2.38. The topological polar surface area (TPSA) is 67.4 Å². The number of ether oxygens (including phenoxy) is 1. The minimum absolute atomic E-state index is 0.0276. The maximum Gasteiger partial charge on any atom is 0.322 e. The Bertz CT molecular complexity index is 975. The summed E-state index contributed by atoms with van der Waals surface area (Å²) in [4.78, 5) is 23.7. The number of carbonyl (C=O) groups excluding carboxylic acids is 1. The van der Waals surface area contributed by atoms with Crippen LogP contribution in [0.2, 0.25) is 0 Å².